The number of hydrogen-bond acceptors (Lipinski definition) is 5. The van der Waals surface area contributed by atoms with E-state index in [1.807, 2.05) is 26.0 Å². The molecule has 3 rings (SSSR count). The van der Waals surface area contributed by atoms with Gasteiger partial charge in [-0.15, -0.1) is 21.5 Å². The summed E-state index contributed by atoms with van der Waals surface area (Å²) < 4.78 is 0. The van der Waals surface area contributed by atoms with E-state index in [2.05, 4.69) is 47.2 Å². The van der Waals surface area contributed by atoms with E-state index in [1.54, 1.807) is 23.1 Å². The van der Waals surface area contributed by atoms with Gasteiger partial charge in [-0.05, 0) is 51.0 Å². The van der Waals surface area contributed by atoms with E-state index in [-0.39, 0.29) is 0 Å². The SMILES string of the molecule is Cc1ccc(C)c(CSc2ccc(-c3sc(C)nc3C)nn2)c1. The minimum Gasteiger partial charge on any atom is -0.246 e. The zero-order valence-corrected chi connectivity index (χ0v) is 15.4. The molecule has 0 fully saturated rings. The zero-order chi connectivity index (χ0) is 16.4. The molecule has 0 aliphatic heterocycles. The van der Waals surface area contributed by atoms with Crippen LogP contribution in [0.4, 0.5) is 0 Å². The number of aryl methyl sites for hydroxylation is 4. The second-order valence-corrected chi connectivity index (χ2v) is 7.82. The molecule has 0 N–H and O–H groups in total. The fourth-order valence-electron chi connectivity index (χ4n) is 2.39. The van der Waals surface area contributed by atoms with E-state index in [4.69, 9.17) is 0 Å². The summed E-state index contributed by atoms with van der Waals surface area (Å²) in [5.41, 5.74) is 5.91. The van der Waals surface area contributed by atoms with Crippen LogP contribution in [0, 0.1) is 27.7 Å². The minimum atomic E-state index is 0.907. The van der Waals surface area contributed by atoms with Gasteiger partial charge < -0.3 is 0 Å². The van der Waals surface area contributed by atoms with E-state index in [1.165, 1.54) is 16.7 Å². The van der Waals surface area contributed by atoms with Crippen LogP contribution in [-0.2, 0) is 5.75 Å². The average Bonchev–Trinajstić information content (AvgIpc) is 2.87. The van der Waals surface area contributed by atoms with Gasteiger partial charge in [0.1, 0.15) is 10.7 Å². The van der Waals surface area contributed by atoms with Gasteiger partial charge in [0.25, 0.3) is 0 Å². The van der Waals surface area contributed by atoms with E-state index in [0.29, 0.717) is 0 Å². The Kier molecular flexibility index (Phi) is 4.78. The van der Waals surface area contributed by atoms with Crippen molar-refractivity contribution in [1.29, 1.82) is 0 Å². The number of nitrogens with zero attached hydrogens (tertiary/aromatic N) is 3. The fraction of sp³-hybridized carbons (Fsp3) is 0.278. The lowest BCUT2D eigenvalue weighted by Gasteiger charge is -2.06. The molecule has 0 atom stereocenters. The zero-order valence-electron chi connectivity index (χ0n) is 13.8. The van der Waals surface area contributed by atoms with Crippen LogP contribution in [0.2, 0.25) is 0 Å². The first kappa shape index (κ1) is 16.1. The molecule has 0 saturated carbocycles. The van der Waals surface area contributed by atoms with Gasteiger partial charge in [-0.25, -0.2) is 4.98 Å². The van der Waals surface area contributed by atoms with Crippen LogP contribution in [-0.4, -0.2) is 15.2 Å². The third kappa shape index (κ3) is 3.79. The highest BCUT2D eigenvalue weighted by Crippen LogP contribution is 2.29. The second-order valence-electron chi connectivity index (χ2n) is 5.62. The van der Waals surface area contributed by atoms with Crippen LogP contribution < -0.4 is 0 Å². The molecule has 0 aliphatic rings. The summed E-state index contributed by atoms with van der Waals surface area (Å²) in [6, 6.07) is 10.7. The number of thioether (sulfide) groups is 1. The Morgan fingerprint density at radius 1 is 1.00 bits per heavy atom. The number of benzene rings is 1. The standard InChI is InChI=1S/C18H19N3S2/c1-11-5-6-12(2)15(9-11)10-22-17-8-7-16(20-21-17)18-13(3)19-14(4)23-18/h5-9H,10H2,1-4H3. The Labute approximate surface area is 145 Å². The van der Waals surface area contributed by atoms with Crippen molar-refractivity contribution in [2.45, 2.75) is 38.5 Å². The summed E-state index contributed by atoms with van der Waals surface area (Å²) in [7, 11) is 0. The molecule has 3 aromatic rings. The van der Waals surface area contributed by atoms with Crippen LogP contribution in [0.1, 0.15) is 27.4 Å². The first-order valence-electron chi connectivity index (χ1n) is 7.50. The molecule has 0 saturated heterocycles. The summed E-state index contributed by atoms with van der Waals surface area (Å²) in [5, 5.41) is 10.8. The maximum absolute atomic E-state index is 4.45. The molecule has 0 bridgehead atoms. The van der Waals surface area contributed by atoms with Gasteiger partial charge in [0.2, 0.25) is 0 Å². The molecule has 0 radical (unpaired) electrons. The summed E-state index contributed by atoms with van der Waals surface area (Å²) in [5.74, 6) is 0.917. The molecule has 0 amide bonds. The Hall–Kier alpha value is -1.72. The predicted octanol–water partition coefficient (Wildman–Crippen LogP) is 5.13. The highest BCUT2D eigenvalue weighted by Gasteiger charge is 2.10. The van der Waals surface area contributed by atoms with Crippen molar-refractivity contribution in [3.05, 3.63) is 57.7 Å². The summed E-state index contributed by atoms with van der Waals surface area (Å²) in [6.45, 7) is 8.31. The number of thiazole rings is 1. The number of aromatic nitrogens is 3. The lowest BCUT2D eigenvalue weighted by Crippen LogP contribution is -1.91. The molecule has 23 heavy (non-hydrogen) atoms. The van der Waals surface area contributed by atoms with Crippen molar-refractivity contribution in [3.8, 4) is 10.6 Å². The molecule has 5 heteroatoms. The summed E-state index contributed by atoms with van der Waals surface area (Å²) in [6.07, 6.45) is 0. The molecule has 2 aromatic heterocycles. The molecule has 0 spiro atoms. The lowest BCUT2D eigenvalue weighted by atomic mass is 10.1. The van der Waals surface area contributed by atoms with Crippen LogP contribution in [0.3, 0.4) is 0 Å². The minimum absolute atomic E-state index is 0.907. The van der Waals surface area contributed by atoms with Crippen LogP contribution in [0.5, 0.6) is 0 Å². The van der Waals surface area contributed by atoms with Crippen molar-refractivity contribution in [3.63, 3.8) is 0 Å². The average molecular weight is 342 g/mol. The van der Waals surface area contributed by atoms with Gasteiger partial charge in [0.05, 0.1) is 15.6 Å². The first-order valence-corrected chi connectivity index (χ1v) is 9.30. The maximum Gasteiger partial charge on any atom is 0.119 e. The second kappa shape index (κ2) is 6.81. The molecule has 1 aromatic carbocycles. The van der Waals surface area contributed by atoms with E-state index in [9.17, 15) is 0 Å². The van der Waals surface area contributed by atoms with Crippen molar-refractivity contribution >= 4 is 23.1 Å². The summed E-state index contributed by atoms with van der Waals surface area (Å²) >= 11 is 3.39. The van der Waals surface area contributed by atoms with E-state index in [0.717, 1.165) is 32.1 Å². The lowest BCUT2D eigenvalue weighted by molar-refractivity contribution is 0.935. The first-order chi connectivity index (χ1) is 11.0. The third-order valence-electron chi connectivity index (χ3n) is 3.66. The Morgan fingerprint density at radius 2 is 1.83 bits per heavy atom. The van der Waals surface area contributed by atoms with Gasteiger partial charge in [-0.3, -0.25) is 0 Å². The van der Waals surface area contributed by atoms with Crippen LogP contribution in [0.15, 0.2) is 35.4 Å². The summed E-state index contributed by atoms with van der Waals surface area (Å²) in [4.78, 5) is 5.56. The molecule has 118 valence electrons. The maximum atomic E-state index is 4.45. The van der Waals surface area contributed by atoms with Crippen molar-refractivity contribution < 1.29 is 0 Å². The smallest absolute Gasteiger partial charge is 0.119 e. The Morgan fingerprint density at radius 3 is 2.48 bits per heavy atom. The largest absolute Gasteiger partial charge is 0.246 e. The number of rotatable bonds is 4. The normalized spacial score (nSPS) is 11.0. The quantitative estimate of drug-likeness (QED) is 0.617. The van der Waals surface area contributed by atoms with Gasteiger partial charge >= 0.3 is 0 Å². The van der Waals surface area contributed by atoms with Gasteiger partial charge in [-0.2, -0.15) is 0 Å². The molecule has 0 aliphatic carbocycles. The molecule has 0 unspecified atom stereocenters. The Balaban J connectivity index is 1.73. The van der Waals surface area contributed by atoms with Gasteiger partial charge in [-0.1, -0.05) is 35.5 Å². The highest BCUT2D eigenvalue weighted by atomic mass is 32.2. The third-order valence-corrected chi connectivity index (χ3v) is 5.72. The molecular formula is C18H19N3S2. The van der Waals surface area contributed by atoms with E-state index < -0.39 is 0 Å². The van der Waals surface area contributed by atoms with Crippen molar-refractivity contribution in [2.75, 3.05) is 0 Å². The van der Waals surface area contributed by atoms with Crippen molar-refractivity contribution in [1.82, 2.24) is 15.2 Å². The molecule has 2 heterocycles. The monoisotopic (exact) mass is 341 g/mol. The van der Waals surface area contributed by atoms with Gasteiger partial charge in [0, 0.05) is 5.75 Å². The Bertz CT molecular complexity index is 823. The molecular weight excluding hydrogens is 322 g/mol. The highest BCUT2D eigenvalue weighted by molar-refractivity contribution is 7.98. The van der Waals surface area contributed by atoms with Crippen LogP contribution in [0.25, 0.3) is 10.6 Å². The predicted molar refractivity (Wildman–Crippen MR) is 98.1 cm³/mol. The topological polar surface area (TPSA) is 38.7 Å². The van der Waals surface area contributed by atoms with Crippen LogP contribution >= 0.6 is 23.1 Å². The van der Waals surface area contributed by atoms with Gasteiger partial charge in [0.15, 0.2) is 0 Å². The fourth-order valence-corrected chi connectivity index (χ4v) is 4.16. The number of hydrogen-bond donors (Lipinski definition) is 0. The molecule has 3 nitrogen and oxygen atoms in total. The van der Waals surface area contributed by atoms with Crippen molar-refractivity contribution in [2.24, 2.45) is 0 Å². The van der Waals surface area contributed by atoms with E-state index >= 15 is 0 Å².